The number of rotatable bonds is 3. The van der Waals surface area contributed by atoms with Gasteiger partial charge in [0.2, 0.25) is 0 Å². The van der Waals surface area contributed by atoms with Crippen LogP contribution in [0.15, 0.2) is 12.4 Å². The Hall–Kier alpha value is -1.71. The van der Waals surface area contributed by atoms with Crippen molar-refractivity contribution in [2.45, 2.75) is 31.8 Å². The molecule has 0 aliphatic carbocycles. The maximum absolute atomic E-state index is 9.23. The molecule has 2 fully saturated rings. The summed E-state index contributed by atoms with van der Waals surface area (Å²) in [7, 11) is 0. The predicted molar refractivity (Wildman–Crippen MR) is 83.6 cm³/mol. The summed E-state index contributed by atoms with van der Waals surface area (Å²) in [6.07, 6.45) is 8.28. The van der Waals surface area contributed by atoms with E-state index in [0.717, 1.165) is 32.7 Å². The molecule has 118 valence electrons. The molecule has 0 bridgehead atoms. The summed E-state index contributed by atoms with van der Waals surface area (Å²) >= 11 is 0. The van der Waals surface area contributed by atoms with Gasteiger partial charge in [-0.15, -0.1) is 0 Å². The Balaban J connectivity index is 1.68. The molecule has 0 aromatic carbocycles. The quantitative estimate of drug-likeness (QED) is 0.841. The fourth-order valence-electron chi connectivity index (χ4n) is 3.27. The van der Waals surface area contributed by atoms with Crippen LogP contribution < -0.4 is 4.90 Å². The predicted octanol–water partition coefficient (Wildman–Crippen LogP) is 1.43. The van der Waals surface area contributed by atoms with Crippen molar-refractivity contribution in [2.75, 3.05) is 44.2 Å². The first kappa shape index (κ1) is 15.2. The zero-order valence-electron chi connectivity index (χ0n) is 12.9. The molecule has 0 N–H and O–H groups in total. The molecule has 0 saturated carbocycles. The van der Waals surface area contributed by atoms with Gasteiger partial charge in [-0.05, 0) is 32.4 Å². The van der Waals surface area contributed by atoms with Crippen LogP contribution in [0.3, 0.4) is 0 Å². The second-order valence-electron chi connectivity index (χ2n) is 5.99. The summed E-state index contributed by atoms with van der Waals surface area (Å²) in [4.78, 5) is 13.2. The van der Waals surface area contributed by atoms with E-state index >= 15 is 0 Å². The maximum atomic E-state index is 9.23. The smallest absolute Gasteiger partial charge is 0.183 e. The van der Waals surface area contributed by atoms with E-state index in [-0.39, 0.29) is 6.10 Å². The highest BCUT2D eigenvalue weighted by Gasteiger charge is 2.24. The third-order valence-corrected chi connectivity index (χ3v) is 4.34. The third kappa shape index (κ3) is 3.73. The van der Waals surface area contributed by atoms with Crippen LogP contribution in [0.25, 0.3) is 0 Å². The van der Waals surface area contributed by atoms with Crippen molar-refractivity contribution in [3.63, 3.8) is 0 Å². The Morgan fingerprint density at radius 2 is 1.95 bits per heavy atom. The Kier molecular flexibility index (Phi) is 5.20. The highest BCUT2D eigenvalue weighted by Crippen LogP contribution is 2.19. The van der Waals surface area contributed by atoms with Crippen molar-refractivity contribution < 1.29 is 4.74 Å². The van der Waals surface area contributed by atoms with Crippen molar-refractivity contribution >= 4 is 5.82 Å². The molecular formula is C16H23N5O. The molecule has 3 rings (SSSR count). The lowest BCUT2D eigenvalue weighted by Gasteiger charge is -2.31. The Morgan fingerprint density at radius 1 is 1.14 bits per heavy atom. The standard InChI is InChI=1S/C16H23N5O/c17-11-15-16(19-6-5-18-15)21-9-4-10-22-14(13-21)12-20-7-2-1-3-8-20/h5-6,14H,1-4,7-10,12-13H2/t14-/m0/s1. The molecule has 0 unspecified atom stereocenters. The molecule has 1 aromatic rings. The summed E-state index contributed by atoms with van der Waals surface area (Å²) in [5.41, 5.74) is 0.404. The van der Waals surface area contributed by atoms with Gasteiger partial charge in [0.15, 0.2) is 11.5 Å². The van der Waals surface area contributed by atoms with Crippen molar-refractivity contribution in [3.05, 3.63) is 18.1 Å². The van der Waals surface area contributed by atoms with Crippen LogP contribution in [0.1, 0.15) is 31.4 Å². The topological polar surface area (TPSA) is 65.3 Å². The minimum absolute atomic E-state index is 0.175. The van der Waals surface area contributed by atoms with Crippen molar-refractivity contribution in [2.24, 2.45) is 0 Å². The van der Waals surface area contributed by atoms with E-state index in [1.54, 1.807) is 12.4 Å². The van der Waals surface area contributed by atoms with Crippen LogP contribution >= 0.6 is 0 Å². The van der Waals surface area contributed by atoms with Gasteiger partial charge >= 0.3 is 0 Å². The molecule has 0 spiro atoms. The second kappa shape index (κ2) is 7.52. The SMILES string of the molecule is N#Cc1nccnc1N1CCCO[C@@H](CN2CCCCC2)C1. The third-order valence-electron chi connectivity index (χ3n) is 4.34. The summed E-state index contributed by atoms with van der Waals surface area (Å²) < 4.78 is 6.02. The number of anilines is 1. The van der Waals surface area contributed by atoms with Gasteiger partial charge in [-0.25, -0.2) is 9.97 Å². The summed E-state index contributed by atoms with van der Waals surface area (Å²) in [5, 5.41) is 9.23. The van der Waals surface area contributed by atoms with Crippen molar-refractivity contribution in [1.82, 2.24) is 14.9 Å². The Bertz CT molecular complexity index is 524. The Labute approximate surface area is 131 Å². The number of hydrogen-bond donors (Lipinski definition) is 0. The lowest BCUT2D eigenvalue weighted by molar-refractivity contribution is 0.0350. The van der Waals surface area contributed by atoms with Gasteiger partial charge in [0.05, 0.1) is 6.10 Å². The van der Waals surface area contributed by atoms with E-state index in [9.17, 15) is 5.26 Å². The molecule has 0 radical (unpaired) electrons. The summed E-state index contributed by atoms with van der Waals surface area (Å²) in [6.45, 7) is 5.74. The highest BCUT2D eigenvalue weighted by molar-refractivity contribution is 5.49. The van der Waals surface area contributed by atoms with Gasteiger partial charge in [-0.1, -0.05) is 6.42 Å². The molecule has 2 saturated heterocycles. The van der Waals surface area contributed by atoms with Crippen LogP contribution in [-0.4, -0.2) is 60.3 Å². The largest absolute Gasteiger partial charge is 0.375 e. The first-order chi connectivity index (χ1) is 10.9. The molecule has 22 heavy (non-hydrogen) atoms. The molecular weight excluding hydrogens is 278 g/mol. The molecule has 6 heteroatoms. The van der Waals surface area contributed by atoms with Gasteiger partial charge in [-0.2, -0.15) is 5.26 Å². The van der Waals surface area contributed by atoms with Gasteiger partial charge < -0.3 is 14.5 Å². The lowest BCUT2D eigenvalue weighted by atomic mass is 10.1. The van der Waals surface area contributed by atoms with Crippen LogP contribution in [0.5, 0.6) is 0 Å². The summed E-state index contributed by atoms with van der Waals surface area (Å²) in [5.74, 6) is 0.694. The van der Waals surface area contributed by atoms with Gasteiger partial charge in [-0.3, -0.25) is 0 Å². The number of aromatic nitrogens is 2. The number of nitrogens with zero attached hydrogens (tertiary/aromatic N) is 5. The first-order valence-electron chi connectivity index (χ1n) is 8.17. The number of piperidine rings is 1. The number of likely N-dealkylation sites (tertiary alicyclic amines) is 1. The average Bonchev–Trinajstić information content (AvgIpc) is 2.81. The fourth-order valence-corrected chi connectivity index (χ4v) is 3.27. The van der Waals surface area contributed by atoms with Crippen LogP contribution in [0, 0.1) is 11.3 Å². The molecule has 0 amide bonds. The Morgan fingerprint density at radius 3 is 2.77 bits per heavy atom. The lowest BCUT2D eigenvalue weighted by Crippen LogP contribution is -2.42. The van der Waals surface area contributed by atoms with Crippen LogP contribution in [0.4, 0.5) is 5.82 Å². The van der Waals surface area contributed by atoms with Crippen LogP contribution in [0.2, 0.25) is 0 Å². The zero-order valence-corrected chi connectivity index (χ0v) is 12.9. The zero-order chi connectivity index (χ0) is 15.2. The molecule has 1 aromatic heterocycles. The second-order valence-corrected chi connectivity index (χ2v) is 5.99. The molecule has 6 nitrogen and oxygen atoms in total. The number of nitriles is 1. The molecule has 2 aliphatic rings. The van der Waals surface area contributed by atoms with E-state index < -0.39 is 0 Å². The minimum atomic E-state index is 0.175. The van der Waals surface area contributed by atoms with Gasteiger partial charge in [0.25, 0.3) is 0 Å². The highest BCUT2D eigenvalue weighted by atomic mass is 16.5. The number of hydrogen-bond acceptors (Lipinski definition) is 6. The molecule has 3 heterocycles. The van der Waals surface area contributed by atoms with E-state index in [1.165, 1.54) is 32.4 Å². The monoisotopic (exact) mass is 301 g/mol. The molecule has 2 aliphatic heterocycles. The van der Waals surface area contributed by atoms with Crippen LogP contribution in [-0.2, 0) is 4.74 Å². The van der Waals surface area contributed by atoms with Crippen molar-refractivity contribution in [3.8, 4) is 6.07 Å². The van der Waals surface area contributed by atoms with Gasteiger partial charge in [0.1, 0.15) is 6.07 Å². The van der Waals surface area contributed by atoms with Crippen molar-refractivity contribution in [1.29, 1.82) is 5.26 Å². The fraction of sp³-hybridized carbons (Fsp3) is 0.688. The maximum Gasteiger partial charge on any atom is 0.183 e. The van der Waals surface area contributed by atoms with Gasteiger partial charge in [0, 0.05) is 38.6 Å². The molecule has 1 atom stereocenters. The normalized spacial score (nSPS) is 23.8. The average molecular weight is 301 g/mol. The van der Waals surface area contributed by atoms with E-state index in [1.807, 2.05) is 0 Å². The van der Waals surface area contributed by atoms with E-state index in [0.29, 0.717) is 11.5 Å². The minimum Gasteiger partial charge on any atom is -0.375 e. The number of ether oxygens (including phenoxy) is 1. The summed E-state index contributed by atoms with van der Waals surface area (Å²) in [6, 6.07) is 2.14. The van der Waals surface area contributed by atoms with E-state index in [4.69, 9.17) is 4.74 Å². The first-order valence-corrected chi connectivity index (χ1v) is 8.17. The van der Waals surface area contributed by atoms with E-state index in [2.05, 4.69) is 25.8 Å².